The summed E-state index contributed by atoms with van der Waals surface area (Å²) in [7, 11) is -2.25. The summed E-state index contributed by atoms with van der Waals surface area (Å²) >= 11 is 0. The topological polar surface area (TPSA) is 88.0 Å². The molecule has 7 heteroatoms. The van der Waals surface area contributed by atoms with Gasteiger partial charge in [0.15, 0.2) is 0 Å². The average Bonchev–Trinajstić information content (AvgIpc) is 2.49. The summed E-state index contributed by atoms with van der Waals surface area (Å²) < 4.78 is 28.9. The third kappa shape index (κ3) is 3.73. The minimum atomic E-state index is -3.75. The maximum atomic E-state index is 12.0. The molecular formula is C14H14N2O4S. The van der Waals surface area contributed by atoms with Gasteiger partial charge < -0.3 is 9.84 Å². The van der Waals surface area contributed by atoms with E-state index in [1.54, 1.807) is 30.3 Å². The van der Waals surface area contributed by atoms with E-state index in [9.17, 15) is 13.5 Å². The molecule has 110 valence electrons. The first-order valence-corrected chi connectivity index (χ1v) is 7.48. The molecular weight excluding hydrogens is 292 g/mol. The predicted molar refractivity (Wildman–Crippen MR) is 79.0 cm³/mol. The van der Waals surface area contributed by atoms with Crippen LogP contribution in [0, 0.1) is 0 Å². The van der Waals surface area contributed by atoms with E-state index in [1.807, 2.05) is 0 Å². The molecule has 0 aliphatic carbocycles. The molecule has 21 heavy (non-hydrogen) atoms. The lowest BCUT2D eigenvalue weighted by atomic mass is 10.2. The van der Waals surface area contributed by atoms with Crippen molar-refractivity contribution in [2.75, 3.05) is 7.11 Å². The van der Waals surface area contributed by atoms with Crippen LogP contribution in [0.1, 0.15) is 5.56 Å². The number of nitrogens with zero attached hydrogens (tertiary/aromatic N) is 1. The largest absolute Gasteiger partial charge is 0.507 e. The summed E-state index contributed by atoms with van der Waals surface area (Å²) in [6.07, 6.45) is 1.23. The minimum Gasteiger partial charge on any atom is -0.507 e. The summed E-state index contributed by atoms with van der Waals surface area (Å²) in [6, 6.07) is 12.4. The van der Waals surface area contributed by atoms with Crippen molar-refractivity contribution in [1.82, 2.24) is 4.83 Å². The van der Waals surface area contributed by atoms with Crippen LogP contribution in [-0.4, -0.2) is 26.8 Å². The van der Waals surface area contributed by atoms with Crippen molar-refractivity contribution in [3.63, 3.8) is 0 Å². The SMILES string of the molecule is COc1ccc(S(=O)(=O)N/N=C/c2ccccc2O)cc1. The van der Waals surface area contributed by atoms with E-state index >= 15 is 0 Å². The number of hydrogen-bond donors (Lipinski definition) is 2. The van der Waals surface area contributed by atoms with Gasteiger partial charge in [0.1, 0.15) is 11.5 Å². The third-order valence-corrected chi connectivity index (χ3v) is 3.92. The molecule has 0 saturated heterocycles. The van der Waals surface area contributed by atoms with Gasteiger partial charge in [-0.3, -0.25) is 0 Å². The fraction of sp³-hybridized carbons (Fsp3) is 0.0714. The molecule has 0 aliphatic heterocycles. The van der Waals surface area contributed by atoms with Crippen LogP contribution in [0.5, 0.6) is 11.5 Å². The molecule has 0 fully saturated rings. The Morgan fingerprint density at radius 3 is 2.43 bits per heavy atom. The molecule has 2 aromatic carbocycles. The zero-order chi connectivity index (χ0) is 15.3. The number of nitrogens with one attached hydrogen (secondary N) is 1. The van der Waals surface area contributed by atoms with Crippen LogP contribution in [-0.2, 0) is 10.0 Å². The maximum Gasteiger partial charge on any atom is 0.276 e. The van der Waals surface area contributed by atoms with Crippen LogP contribution in [0.4, 0.5) is 0 Å². The number of aromatic hydroxyl groups is 1. The van der Waals surface area contributed by atoms with Gasteiger partial charge in [0, 0.05) is 5.56 Å². The van der Waals surface area contributed by atoms with Crippen molar-refractivity contribution >= 4 is 16.2 Å². The lowest BCUT2D eigenvalue weighted by molar-refractivity contribution is 0.414. The number of ether oxygens (including phenoxy) is 1. The fourth-order valence-electron chi connectivity index (χ4n) is 1.57. The first-order valence-electron chi connectivity index (χ1n) is 6.00. The molecule has 2 rings (SSSR count). The van der Waals surface area contributed by atoms with Crippen LogP contribution < -0.4 is 9.57 Å². The van der Waals surface area contributed by atoms with Crippen molar-refractivity contribution in [3.05, 3.63) is 54.1 Å². The summed E-state index contributed by atoms with van der Waals surface area (Å²) in [5.41, 5.74) is 0.412. The van der Waals surface area contributed by atoms with Gasteiger partial charge in [0.05, 0.1) is 18.2 Å². The normalized spacial score (nSPS) is 11.5. The Kier molecular flexibility index (Phi) is 4.44. The zero-order valence-corrected chi connectivity index (χ0v) is 12.0. The van der Waals surface area contributed by atoms with E-state index in [1.165, 1.54) is 31.5 Å². The molecule has 2 N–H and O–H groups in total. The van der Waals surface area contributed by atoms with Gasteiger partial charge in [-0.25, -0.2) is 4.83 Å². The first kappa shape index (κ1) is 14.9. The van der Waals surface area contributed by atoms with E-state index < -0.39 is 10.0 Å². The van der Waals surface area contributed by atoms with E-state index in [4.69, 9.17) is 4.74 Å². The van der Waals surface area contributed by atoms with E-state index in [-0.39, 0.29) is 10.6 Å². The van der Waals surface area contributed by atoms with Crippen LogP contribution in [0.2, 0.25) is 0 Å². The van der Waals surface area contributed by atoms with Crippen molar-refractivity contribution in [3.8, 4) is 11.5 Å². The number of hydrazone groups is 1. The molecule has 0 bridgehead atoms. The van der Waals surface area contributed by atoms with Gasteiger partial charge in [-0.15, -0.1) is 0 Å². The second-order valence-corrected chi connectivity index (χ2v) is 5.75. The van der Waals surface area contributed by atoms with Crippen LogP contribution in [0.15, 0.2) is 58.5 Å². The number of phenolic OH excluding ortho intramolecular Hbond substituents is 1. The molecule has 6 nitrogen and oxygen atoms in total. The first-order chi connectivity index (χ1) is 10.0. The number of rotatable bonds is 5. The summed E-state index contributed by atoms with van der Waals surface area (Å²) in [5.74, 6) is 0.580. The van der Waals surface area contributed by atoms with Crippen molar-refractivity contribution in [1.29, 1.82) is 0 Å². The highest BCUT2D eigenvalue weighted by molar-refractivity contribution is 7.89. The minimum absolute atomic E-state index is 0.0184. The second kappa shape index (κ2) is 6.27. The molecule has 2 aromatic rings. The fourth-order valence-corrected chi connectivity index (χ4v) is 2.36. The number of benzene rings is 2. The number of phenols is 1. The number of methoxy groups -OCH3 is 1. The maximum absolute atomic E-state index is 12.0. The average molecular weight is 306 g/mol. The molecule has 0 amide bonds. The van der Waals surface area contributed by atoms with Gasteiger partial charge in [-0.05, 0) is 36.4 Å². The standard InChI is InChI=1S/C14H14N2O4S/c1-20-12-6-8-13(9-7-12)21(18,19)16-15-10-11-4-2-3-5-14(11)17/h2-10,16-17H,1H3/b15-10+. The Bertz CT molecular complexity index is 740. The Hall–Kier alpha value is -2.54. The number of sulfonamides is 1. The Balaban J connectivity index is 2.12. The highest BCUT2D eigenvalue weighted by atomic mass is 32.2. The summed E-state index contributed by atoms with van der Waals surface area (Å²) in [6.45, 7) is 0. The quantitative estimate of drug-likeness (QED) is 0.650. The summed E-state index contributed by atoms with van der Waals surface area (Å²) in [4.78, 5) is 2.15. The smallest absolute Gasteiger partial charge is 0.276 e. The molecule has 0 unspecified atom stereocenters. The van der Waals surface area contributed by atoms with Crippen molar-refractivity contribution in [2.24, 2.45) is 5.10 Å². The van der Waals surface area contributed by atoms with Gasteiger partial charge >= 0.3 is 0 Å². The van der Waals surface area contributed by atoms with Crippen molar-refractivity contribution < 1.29 is 18.3 Å². The third-order valence-electron chi connectivity index (χ3n) is 2.68. The van der Waals surface area contributed by atoms with Gasteiger partial charge in [0.25, 0.3) is 10.0 Å². The molecule has 0 aromatic heterocycles. The Morgan fingerprint density at radius 2 is 1.81 bits per heavy atom. The zero-order valence-electron chi connectivity index (χ0n) is 11.2. The molecule has 0 atom stereocenters. The van der Waals surface area contributed by atoms with Crippen molar-refractivity contribution in [2.45, 2.75) is 4.90 Å². The molecule has 0 spiro atoms. The monoisotopic (exact) mass is 306 g/mol. The van der Waals surface area contributed by atoms with Gasteiger partial charge in [-0.1, -0.05) is 12.1 Å². The Labute approximate surface area is 122 Å². The number of para-hydroxylation sites is 1. The van der Waals surface area contributed by atoms with E-state index in [0.717, 1.165) is 0 Å². The highest BCUT2D eigenvalue weighted by Crippen LogP contribution is 2.15. The number of hydrogen-bond acceptors (Lipinski definition) is 5. The molecule has 0 radical (unpaired) electrons. The lowest BCUT2D eigenvalue weighted by Gasteiger charge is -2.04. The lowest BCUT2D eigenvalue weighted by Crippen LogP contribution is -2.18. The molecule has 0 heterocycles. The van der Waals surface area contributed by atoms with Crippen LogP contribution in [0.3, 0.4) is 0 Å². The van der Waals surface area contributed by atoms with Crippen LogP contribution >= 0.6 is 0 Å². The van der Waals surface area contributed by atoms with E-state index in [2.05, 4.69) is 9.93 Å². The Morgan fingerprint density at radius 1 is 1.14 bits per heavy atom. The van der Waals surface area contributed by atoms with Crippen LogP contribution in [0.25, 0.3) is 0 Å². The summed E-state index contributed by atoms with van der Waals surface area (Å²) in [5, 5.41) is 13.2. The highest BCUT2D eigenvalue weighted by Gasteiger charge is 2.12. The molecule has 0 saturated carbocycles. The van der Waals surface area contributed by atoms with E-state index in [0.29, 0.717) is 11.3 Å². The predicted octanol–water partition coefficient (Wildman–Crippen LogP) is 1.71. The molecule has 0 aliphatic rings. The second-order valence-electron chi connectivity index (χ2n) is 4.09. The van der Waals surface area contributed by atoms with Gasteiger partial charge in [0.2, 0.25) is 0 Å². The van der Waals surface area contributed by atoms with Gasteiger partial charge in [-0.2, -0.15) is 13.5 Å².